The Hall–Kier alpha value is -0.610. The van der Waals surface area contributed by atoms with E-state index in [1.54, 1.807) is 0 Å². The molecule has 1 saturated carbocycles. The second kappa shape index (κ2) is 5.83. The molecule has 1 heterocycles. The maximum absolute atomic E-state index is 12.0. The van der Waals surface area contributed by atoms with Crippen molar-refractivity contribution in [2.45, 2.75) is 31.7 Å². The van der Waals surface area contributed by atoms with Gasteiger partial charge in [-0.05, 0) is 51.7 Å². The predicted octanol–water partition coefficient (Wildman–Crippen LogP) is 0.539. The summed E-state index contributed by atoms with van der Waals surface area (Å²) in [4.78, 5) is 16.3. The highest BCUT2D eigenvalue weighted by atomic mass is 16.2. The Balaban J connectivity index is 1.68. The summed E-state index contributed by atoms with van der Waals surface area (Å²) in [5.41, 5.74) is 0. The van der Waals surface area contributed by atoms with Gasteiger partial charge in [0.25, 0.3) is 0 Å². The normalized spacial score (nSPS) is 25.9. The molecule has 4 nitrogen and oxygen atoms in total. The zero-order valence-corrected chi connectivity index (χ0v) is 11.1. The predicted molar refractivity (Wildman–Crippen MR) is 68.9 cm³/mol. The van der Waals surface area contributed by atoms with E-state index in [1.165, 1.54) is 25.8 Å². The van der Waals surface area contributed by atoms with Gasteiger partial charge in [0, 0.05) is 19.6 Å². The number of piperidine rings is 1. The highest BCUT2D eigenvalue weighted by Crippen LogP contribution is 2.27. The van der Waals surface area contributed by atoms with Gasteiger partial charge in [-0.1, -0.05) is 0 Å². The van der Waals surface area contributed by atoms with Crippen molar-refractivity contribution in [3.63, 3.8) is 0 Å². The van der Waals surface area contributed by atoms with Crippen molar-refractivity contribution in [3.8, 4) is 0 Å². The molecule has 4 heteroatoms. The molecule has 1 N–H and O–H groups in total. The summed E-state index contributed by atoms with van der Waals surface area (Å²) in [6.45, 7) is 3.71. The topological polar surface area (TPSA) is 35.6 Å². The molecule has 17 heavy (non-hydrogen) atoms. The average molecular weight is 239 g/mol. The summed E-state index contributed by atoms with van der Waals surface area (Å²) < 4.78 is 0. The third kappa shape index (κ3) is 3.96. The van der Waals surface area contributed by atoms with Crippen LogP contribution in [0.3, 0.4) is 0 Å². The first kappa shape index (κ1) is 12.8. The Bertz CT molecular complexity index is 265. The molecule has 1 aliphatic heterocycles. The second-order valence-electron chi connectivity index (χ2n) is 5.64. The largest absolute Gasteiger partial charge is 0.340 e. The van der Waals surface area contributed by atoms with Crippen molar-refractivity contribution < 1.29 is 4.79 Å². The molecular formula is C13H25N3O. The van der Waals surface area contributed by atoms with E-state index >= 15 is 0 Å². The Labute approximate surface area is 104 Å². The van der Waals surface area contributed by atoms with Crippen LogP contribution in [0.2, 0.25) is 0 Å². The molecule has 0 aromatic carbocycles. The van der Waals surface area contributed by atoms with Crippen molar-refractivity contribution in [3.05, 3.63) is 0 Å². The highest BCUT2D eigenvalue weighted by molar-refractivity contribution is 5.78. The summed E-state index contributed by atoms with van der Waals surface area (Å²) in [6.07, 6.45) is 5.03. The van der Waals surface area contributed by atoms with Crippen molar-refractivity contribution in [1.82, 2.24) is 15.1 Å². The molecule has 2 rings (SSSR count). The number of likely N-dealkylation sites (N-methyl/N-ethyl adjacent to an activating group) is 2. The monoisotopic (exact) mass is 239 g/mol. The molecule has 0 aromatic rings. The van der Waals surface area contributed by atoms with E-state index in [2.05, 4.69) is 17.3 Å². The molecule has 0 aromatic heterocycles. The molecule has 2 fully saturated rings. The van der Waals surface area contributed by atoms with Gasteiger partial charge in [0.15, 0.2) is 0 Å². The SMILES string of the molecule is CN1CCCC(N(C)C(=O)CNCC2CC2)C1. The fourth-order valence-corrected chi connectivity index (χ4v) is 2.49. The number of carbonyl (C=O) groups is 1. The van der Waals surface area contributed by atoms with E-state index in [-0.39, 0.29) is 5.91 Å². The van der Waals surface area contributed by atoms with E-state index in [9.17, 15) is 4.79 Å². The molecule has 0 spiro atoms. The lowest BCUT2D eigenvalue weighted by atomic mass is 10.1. The minimum absolute atomic E-state index is 0.242. The van der Waals surface area contributed by atoms with Gasteiger partial charge in [0.05, 0.1) is 6.54 Å². The summed E-state index contributed by atoms with van der Waals surface area (Å²) in [5.74, 6) is 1.08. The first-order chi connectivity index (χ1) is 8.16. The smallest absolute Gasteiger partial charge is 0.236 e. The minimum Gasteiger partial charge on any atom is -0.340 e. The fraction of sp³-hybridized carbons (Fsp3) is 0.923. The number of carbonyl (C=O) groups excluding carboxylic acids is 1. The molecule has 2 aliphatic rings. The quantitative estimate of drug-likeness (QED) is 0.760. The fourth-order valence-electron chi connectivity index (χ4n) is 2.49. The highest BCUT2D eigenvalue weighted by Gasteiger charge is 2.25. The molecule has 1 unspecified atom stereocenters. The molecule has 1 amide bonds. The van der Waals surface area contributed by atoms with Crippen LogP contribution in [0.5, 0.6) is 0 Å². The van der Waals surface area contributed by atoms with Gasteiger partial charge in [-0.25, -0.2) is 0 Å². The third-order valence-corrected chi connectivity index (χ3v) is 3.95. The number of nitrogens with zero attached hydrogens (tertiary/aromatic N) is 2. The molecule has 1 aliphatic carbocycles. The second-order valence-corrected chi connectivity index (χ2v) is 5.64. The van der Waals surface area contributed by atoms with Crippen LogP contribution in [0.4, 0.5) is 0 Å². The minimum atomic E-state index is 0.242. The summed E-state index contributed by atoms with van der Waals surface area (Å²) in [5, 5.41) is 3.27. The number of rotatable bonds is 5. The van der Waals surface area contributed by atoms with Crippen molar-refractivity contribution in [2.75, 3.05) is 40.3 Å². The standard InChI is InChI=1S/C13H25N3O/c1-15-7-3-4-12(10-15)16(2)13(17)9-14-8-11-5-6-11/h11-12,14H,3-10H2,1-2H3. The molecule has 98 valence electrons. The lowest BCUT2D eigenvalue weighted by Crippen LogP contribution is -2.49. The number of likely N-dealkylation sites (tertiary alicyclic amines) is 1. The van der Waals surface area contributed by atoms with E-state index in [0.717, 1.165) is 25.4 Å². The molecule has 0 radical (unpaired) electrons. The van der Waals surface area contributed by atoms with Crippen LogP contribution in [0.1, 0.15) is 25.7 Å². The van der Waals surface area contributed by atoms with Crippen LogP contribution in [0.25, 0.3) is 0 Å². The molecule has 1 atom stereocenters. The molecular weight excluding hydrogens is 214 g/mol. The zero-order valence-electron chi connectivity index (χ0n) is 11.1. The van der Waals surface area contributed by atoms with E-state index in [4.69, 9.17) is 0 Å². The molecule has 1 saturated heterocycles. The van der Waals surface area contributed by atoms with Gasteiger partial charge in [0.1, 0.15) is 0 Å². The average Bonchev–Trinajstić information content (AvgIpc) is 3.12. The Morgan fingerprint density at radius 3 is 2.82 bits per heavy atom. The maximum Gasteiger partial charge on any atom is 0.236 e. The zero-order chi connectivity index (χ0) is 12.3. The van der Waals surface area contributed by atoms with Crippen LogP contribution in [0.15, 0.2) is 0 Å². The summed E-state index contributed by atoms with van der Waals surface area (Å²) >= 11 is 0. The van der Waals surface area contributed by atoms with Crippen molar-refractivity contribution in [2.24, 2.45) is 5.92 Å². The lowest BCUT2D eigenvalue weighted by molar-refractivity contribution is -0.131. The van der Waals surface area contributed by atoms with E-state index in [1.807, 2.05) is 11.9 Å². The van der Waals surface area contributed by atoms with Gasteiger partial charge in [-0.2, -0.15) is 0 Å². The van der Waals surface area contributed by atoms with E-state index in [0.29, 0.717) is 12.6 Å². The van der Waals surface area contributed by atoms with Gasteiger partial charge >= 0.3 is 0 Å². The summed E-state index contributed by atoms with van der Waals surface area (Å²) in [7, 11) is 4.08. The number of nitrogens with one attached hydrogen (secondary N) is 1. The first-order valence-corrected chi connectivity index (χ1v) is 6.81. The Kier molecular flexibility index (Phi) is 4.40. The van der Waals surface area contributed by atoms with Crippen molar-refractivity contribution >= 4 is 5.91 Å². The van der Waals surface area contributed by atoms with Crippen LogP contribution < -0.4 is 5.32 Å². The Morgan fingerprint density at radius 1 is 1.41 bits per heavy atom. The van der Waals surface area contributed by atoms with Gasteiger partial charge < -0.3 is 15.1 Å². The third-order valence-electron chi connectivity index (χ3n) is 3.95. The van der Waals surface area contributed by atoms with Crippen LogP contribution in [-0.4, -0.2) is 62.0 Å². The lowest BCUT2D eigenvalue weighted by Gasteiger charge is -2.35. The number of hydrogen-bond donors (Lipinski definition) is 1. The first-order valence-electron chi connectivity index (χ1n) is 6.81. The van der Waals surface area contributed by atoms with Gasteiger partial charge in [0.2, 0.25) is 5.91 Å². The van der Waals surface area contributed by atoms with Crippen LogP contribution in [0, 0.1) is 5.92 Å². The maximum atomic E-state index is 12.0. The van der Waals surface area contributed by atoms with Crippen molar-refractivity contribution in [1.29, 1.82) is 0 Å². The van der Waals surface area contributed by atoms with E-state index < -0.39 is 0 Å². The number of amides is 1. The Morgan fingerprint density at radius 2 is 2.18 bits per heavy atom. The molecule has 0 bridgehead atoms. The van der Waals surface area contributed by atoms with Crippen LogP contribution >= 0.6 is 0 Å². The van der Waals surface area contributed by atoms with Gasteiger partial charge in [-0.15, -0.1) is 0 Å². The summed E-state index contributed by atoms with van der Waals surface area (Å²) in [6, 6.07) is 0.406. The number of hydrogen-bond acceptors (Lipinski definition) is 3. The van der Waals surface area contributed by atoms with Gasteiger partial charge in [-0.3, -0.25) is 4.79 Å². The van der Waals surface area contributed by atoms with Crippen LogP contribution in [-0.2, 0) is 4.79 Å².